The number of nitrogens with zero attached hydrogens (tertiary/aromatic N) is 2. The monoisotopic (exact) mass is 349 g/mol. The smallest absolute Gasteiger partial charge is 0.269 e. The molecule has 1 saturated heterocycles. The molecule has 0 amide bonds. The maximum atomic E-state index is 13.0. The first-order chi connectivity index (χ1) is 12.6. The SMILES string of the molecule is O=C1c2ccccc2C(=N[C@H]2CCCCN2)[C@@H]1c1ccc([N+](=O)[O-])cc1. The summed E-state index contributed by atoms with van der Waals surface area (Å²) in [6.07, 6.45) is 3.22. The third-order valence-electron chi connectivity index (χ3n) is 5.02. The Kier molecular flexibility index (Phi) is 4.34. The lowest BCUT2D eigenvalue weighted by atomic mass is 9.93. The summed E-state index contributed by atoms with van der Waals surface area (Å²) in [5, 5.41) is 14.3. The largest absolute Gasteiger partial charge is 0.296 e. The highest BCUT2D eigenvalue weighted by molar-refractivity contribution is 6.31. The molecule has 2 aromatic rings. The van der Waals surface area contributed by atoms with Crippen LogP contribution in [0.1, 0.15) is 46.7 Å². The zero-order chi connectivity index (χ0) is 18.1. The molecule has 1 heterocycles. The number of Topliss-reactive ketones (excluding diaryl/α,β-unsaturated/α-hetero) is 1. The van der Waals surface area contributed by atoms with Crippen molar-refractivity contribution in [1.82, 2.24) is 5.32 Å². The average molecular weight is 349 g/mol. The highest BCUT2D eigenvalue weighted by atomic mass is 16.6. The number of piperidine rings is 1. The molecule has 1 aliphatic carbocycles. The zero-order valence-electron chi connectivity index (χ0n) is 14.2. The molecule has 6 nitrogen and oxygen atoms in total. The number of carbonyl (C=O) groups is 1. The van der Waals surface area contributed by atoms with Crippen molar-refractivity contribution < 1.29 is 9.72 Å². The Balaban J connectivity index is 1.77. The van der Waals surface area contributed by atoms with Gasteiger partial charge in [-0.3, -0.25) is 25.2 Å². The summed E-state index contributed by atoms with van der Waals surface area (Å²) in [7, 11) is 0. The second kappa shape index (κ2) is 6.80. The van der Waals surface area contributed by atoms with Crippen LogP contribution in [0.3, 0.4) is 0 Å². The van der Waals surface area contributed by atoms with Crippen LogP contribution in [0.2, 0.25) is 0 Å². The lowest BCUT2D eigenvalue weighted by Crippen LogP contribution is -2.33. The third-order valence-corrected chi connectivity index (χ3v) is 5.02. The van der Waals surface area contributed by atoms with Gasteiger partial charge in [-0.15, -0.1) is 0 Å². The quantitative estimate of drug-likeness (QED) is 0.679. The van der Waals surface area contributed by atoms with Crippen LogP contribution in [0.4, 0.5) is 5.69 Å². The van der Waals surface area contributed by atoms with E-state index in [9.17, 15) is 14.9 Å². The summed E-state index contributed by atoms with van der Waals surface area (Å²) in [6.45, 7) is 0.930. The molecule has 2 atom stereocenters. The van der Waals surface area contributed by atoms with Crippen LogP contribution in [0.5, 0.6) is 0 Å². The number of benzene rings is 2. The molecular formula is C20H19N3O3. The third kappa shape index (κ3) is 2.93. The van der Waals surface area contributed by atoms with Gasteiger partial charge in [-0.2, -0.15) is 0 Å². The summed E-state index contributed by atoms with van der Waals surface area (Å²) >= 11 is 0. The average Bonchev–Trinajstić information content (AvgIpc) is 2.95. The molecule has 0 spiro atoms. The van der Waals surface area contributed by atoms with Crippen molar-refractivity contribution in [2.75, 3.05) is 6.54 Å². The van der Waals surface area contributed by atoms with Crippen LogP contribution < -0.4 is 5.32 Å². The van der Waals surface area contributed by atoms with Crippen LogP contribution >= 0.6 is 0 Å². The number of carbonyl (C=O) groups excluding carboxylic acids is 1. The van der Waals surface area contributed by atoms with E-state index in [4.69, 9.17) is 4.99 Å². The van der Waals surface area contributed by atoms with E-state index in [1.807, 2.05) is 24.3 Å². The first kappa shape index (κ1) is 16.6. The second-order valence-electron chi connectivity index (χ2n) is 6.67. The van der Waals surface area contributed by atoms with E-state index in [2.05, 4.69) is 5.32 Å². The number of hydrogen-bond acceptors (Lipinski definition) is 5. The van der Waals surface area contributed by atoms with Gasteiger partial charge in [0.05, 0.1) is 22.7 Å². The van der Waals surface area contributed by atoms with Gasteiger partial charge in [-0.1, -0.05) is 36.4 Å². The van der Waals surface area contributed by atoms with Crippen LogP contribution in [-0.4, -0.2) is 29.1 Å². The Labute approximate surface area is 151 Å². The summed E-state index contributed by atoms with van der Waals surface area (Å²) in [6, 6.07) is 13.7. The van der Waals surface area contributed by atoms with Gasteiger partial charge in [0.1, 0.15) is 0 Å². The number of fused-ring (bicyclic) bond motifs is 1. The van der Waals surface area contributed by atoms with Crippen molar-refractivity contribution in [3.05, 3.63) is 75.3 Å². The molecule has 0 radical (unpaired) electrons. The fourth-order valence-electron chi connectivity index (χ4n) is 3.71. The molecule has 2 aromatic carbocycles. The molecule has 0 saturated carbocycles. The minimum atomic E-state index is -0.503. The zero-order valence-corrected chi connectivity index (χ0v) is 14.2. The second-order valence-corrected chi connectivity index (χ2v) is 6.67. The van der Waals surface area contributed by atoms with Crippen molar-refractivity contribution in [1.29, 1.82) is 0 Å². The van der Waals surface area contributed by atoms with Crippen LogP contribution in [0.15, 0.2) is 53.5 Å². The van der Waals surface area contributed by atoms with Gasteiger partial charge in [0.2, 0.25) is 0 Å². The summed E-state index contributed by atoms with van der Waals surface area (Å²) < 4.78 is 0. The van der Waals surface area contributed by atoms with Crippen molar-refractivity contribution >= 4 is 17.2 Å². The summed E-state index contributed by atoms with van der Waals surface area (Å²) in [4.78, 5) is 28.4. The van der Waals surface area contributed by atoms with Gasteiger partial charge in [0.15, 0.2) is 5.78 Å². The van der Waals surface area contributed by atoms with E-state index in [-0.39, 0.29) is 17.6 Å². The molecule has 4 rings (SSSR count). The number of nitro groups is 1. The molecule has 2 aliphatic rings. The molecule has 26 heavy (non-hydrogen) atoms. The normalized spacial score (nSPS) is 23.8. The molecular weight excluding hydrogens is 330 g/mol. The van der Waals surface area contributed by atoms with Crippen LogP contribution in [-0.2, 0) is 0 Å². The number of hydrogen-bond donors (Lipinski definition) is 1. The van der Waals surface area contributed by atoms with Crippen LogP contribution in [0, 0.1) is 10.1 Å². The van der Waals surface area contributed by atoms with E-state index in [1.165, 1.54) is 12.1 Å². The van der Waals surface area contributed by atoms with Crippen molar-refractivity contribution in [2.24, 2.45) is 4.99 Å². The van der Waals surface area contributed by atoms with Crippen LogP contribution in [0.25, 0.3) is 0 Å². The fraction of sp³-hybridized carbons (Fsp3) is 0.300. The molecule has 0 aromatic heterocycles. The van der Waals surface area contributed by atoms with Crippen molar-refractivity contribution in [3.8, 4) is 0 Å². The molecule has 0 bridgehead atoms. The van der Waals surface area contributed by atoms with E-state index in [0.29, 0.717) is 5.56 Å². The Hall–Kier alpha value is -2.86. The van der Waals surface area contributed by atoms with Crippen molar-refractivity contribution in [3.63, 3.8) is 0 Å². The molecule has 1 N–H and O–H groups in total. The topological polar surface area (TPSA) is 84.6 Å². The van der Waals surface area contributed by atoms with E-state index < -0.39 is 10.8 Å². The molecule has 0 unspecified atom stereocenters. The van der Waals surface area contributed by atoms with E-state index in [0.717, 1.165) is 42.6 Å². The highest BCUT2D eigenvalue weighted by Gasteiger charge is 2.38. The number of non-ortho nitro benzene ring substituents is 1. The Bertz CT molecular complexity index is 883. The fourth-order valence-corrected chi connectivity index (χ4v) is 3.71. The van der Waals surface area contributed by atoms with Gasteiger partial charge in [-0.25, -0.2) is 0 Å². The predicted octanol–water partition coefficient (Wildman–Crippen LogP) is 3.46. The number of aliphatic imine (C=N–C) groups is 1. The first-order valence-corrected chi connectivity index (χ1v) is 8.84. The lowest BCUT2D eigenvalue weighted by molar-refractivity contribution is -0.384. The minimum Gasteiger partial charge on any atom is -0.296 e. The number of nitrogens with one attached hydrogen (secondary N) is 1. The summed E-state index contributed by atoms with van der Waals surface area (Å²) in [5.41, 5.74) is 3.06. The Morgan fingerprint density at radius 1 is 1.04 bits per heavy atom. The van der Waals surface area contributed by atoms with Gasteiger partial charge >= 0.3 is 0 Å². The number of nitro benzene ring substituents is 1. The van der Waals surface area contributed by atoms with Gasteiger partial charge in [0.25, 0.3) is 5.69 Å². The van der Waals surface area contributed by atoms with E-state index in [1.54, 1.807) is 12.1 Å². The summed E-state index contributed by atoms with van der Waals surface area (Å²) in [5.74, 6) is -0.499. The van der Waals surface area contributed by atoms with Gasteiger partial charge in [-0.05, 0) is 31.4 Å². The standard InChI is InChI=1S/C20H19N3O3/c24-20-16-6-2-1-5-15(16)19(22-17-7-3-4-12-21-17)18(20)13-8-10-14(11-9-13)23(25)26/h1-2,5-6,8-11,17-18,21H,3-4,7,12H2/t17-,18-/m0/s1. The lowest BCUT2D eigenvalue weighted by Gasteiger charge is -2.22. The van der Waals surface area contributed by atoms with Gasteiger partial charge < -0.3 is 0 Å². The predicted molar refractivity (Wildman–Crippen MR) is 98.8 cm³/mol. The molecule has 1 fully saturated rings. The molecule has 1 aliphatic heterocycles. The molecule has 132 valence electrons. The number of ketones is 1. The van der Waals surface area contributed by atoms with Gasteiger partial charge in [0, 0.05) is 23.3 Å². The maximum absolute atomic E-state index is 13.0. The maximum Gasteiger partial charge on any atom is 0.269 e. The van der Waals surface area contributed by atoms with E-state index >= 15 is 0 Å². The Morgan fingerprint density at radius 2 is 1.77 bits per heavy atom. The first-order valence-electron chi connectivity index (χ1n) is 8.84. The Morgan fingerprint density at radius 3 is 2.42 bits per heavy atom. The number of rotatable bonds is 3. The van der Waals surface area contributed by atoms with Crippen molar-refractivity contribution in [2.45, 2.75) is 31.3 Å². The molecule has 6 heteroatoms. The highest BCUT2D eigenvalue weighted by Crippen LogP contribution is 2.35. The minimum absolute atomic E-state index is 0.00372.